The number of aromatic nitrogens is 3. The van der Waals surface area contributed by atoms with E-state index in [1.54, 1.807) is 12.7 Å². The fraction of sp³-hybridized carbons (Fsp3) is 0.474. The normalized spacial score (nSPS) is 22.1. The number of nitrogens with zero attached hydrogens (tertiary/aromatic N) is 4. The molecule has 4 rings (SSSR count). The number of carbonyl (C=O) groups excluding carboxylic acids is 2. The van der Waals surface area contributed by atoms with Gasteiger partial charge in [0, 0.05) is 6.04 Å². The second-order valence-corrected chi connectivity index (χ2v) is 7.19. The van der Waals surface area contributed by atoms with Crippen molar-refractivity contribution >= 4 is 17.5 Å². The van der Waals surface area contributed by atoms with Crippen molar-refractivity contribution in [1.29, 1.82) is 0 Å². The molecule has 2 amide bonds. The van der Waals surface area contributed by atoms with Crippen molar-refractivity contribution < 1.29 is 14.3 Å². The molecule has 1 aromatic carbocycles. The Morgan fingerprint density at radius 2 is 2.11 bits per heavy atom. The van der Waals surface area contributed by atoms with Crippen LogP contribution in [-0.2, 0) is 9.59 Å². The van der Waals surface area contributed by atoms with Crippen molar-refractivity contribution in [3.05, 3.63) is 36.4 Å². The van der Waals surface area contributed by atoms with Crippen LogP contribution < -0.4 is 15.0 Å². The van der Waals surface area contributed by atoms with Crippen LogP contribution in [0.25, 0.3) is 0 Å². The largest absolute Gasteiger partial charge is 0.482 e. The van der Waals surface area contributed by atoms with Crippen LogP contribution in [0.1, 0.15) is 37.3 Å². The Hall–Kier alpha value is -2.90. The van der Waals surface area contributed by atoms with Gasteiger partial charge in [0.25, 0.3) is 5.91 Å². The van der Waals surface area contributed by atoms with E-state index in [0.29, 0.717) is 17.5 Å². The summed E-state index contributed by atoms with van der Waals surface area (Å²) in [6.45, 7) is 1.93. The van der Waals surface area contributed by atoms with Crippen LogP contribution >= 0.6 is 0 Å². The van der Waals surface area contributed by atoms with E-state index in [2.05, 4.69) is 15.4 Å². The molecule has 2 aliphatic rings. The standard InChI is InChI=1S/C19H23N5O3/c1-13-2-7-17-16(8-13)23(19(26)10-27-17)9-18(25)22-14-3-5-15(6-4-14)24-12-20-11-21-24/h2,7-8,11-12,14-15H,3-6,9-10H2,1H3,(H,22,25). The molecule has 0 saturated heterocycles. The fourth-order valence-corrected chi connectivity index (χ4v) is 3.79. The Morgan fingerprint density at radius 3 is 2.85 bits per heavy atom. The molecule has 2 aromatic rings. The predicted molar refractivity (Wildman–Crippen MR) is 98.5 cm³/mol. The van der Waals surface area contributed by atoms with Gasteiger partial charge < -0.3 is 10.1 Å². The van der Waals surface area contributed by atoms with E-state index in [9.17, 15) is 9.59 Å². The van der Waals surface area contributed by atoms with Gasteiger partial charge in [-0.1, -0.05) is 6.07 Å². The van der Waals surface area contributed by atoms with Gasteiger partial charge in [-0.05, 0) is 50.3 Å². The van der Waals surface area contributed by atoms with E-state index in [0.717, 1.165) is 31.2 Å². The second-order valence-electron chi connectivity index (χ2n) is 7.19. The Morgan fingerprint density at radius 1 is 1.30 bits per heavy atom. The molecule has 1 fully saturated rings. The number of benzene rings is 1. The summed E-state index contributed by atoms with van der Waals surface area (Å²) in [5.74, 6) is 0.307. The lowest BCUT2D eigenvalue weighted by Gasteiger charge is -2.31. The molecule has 0 unspecified atom stereocenters. The van der Waals surface area contributed by atoms with Crippen LogP contribution in [0.3, 0.4) is 0 Å². The summed E-state index contributed by atoms with van der Waals surface area (Å²) in [5.41, 5.74) is 1.68. The van der Waals surface area contributed by atoms with E-state index in [4.69, 9.17) is 4.74 Å². The third-order valence-electron chi connectivity index (χ3n) is 5.23. The van der Waals surface area contributed by atoms with Gasteiger partial charge in [-0.2, -0.15) is 5.10 Å². The number of nitrogens with one attached hydrogen (secondary N) is 1. The zero-order valence-corrected chi connectivity index (χ0v) is 15.3. The number of amides is 2. The van der Waals surface area contributed by atoms with E-state index < -0.39 is 0 Å². The van der Waals surface area contributed by atoms with Crippen molar-refractivity contribution in [2.45, 2.75) is 44.7 Å². The molecule has 0 atom stereocenters. The fourth-order valence-electron chi connectivity index (χ4n) is 3.79. The van der Waals surface area contributed by atoms with E-state index in [1.165, 1.54) is 4.90 Å². The zero-order valence-electron chi connectivity index (χ0n) is 15.3. The summed E-state index contributed by atoms with van der Waals surface area (Å²) in [5, 5.41) is 7.28. The van der Waals surface area contributed by atoms with Gasteiger partial charge in [0.2, 0.25) is 5.91 Å². The average Bonchev–Trinajstić information content (AvgIpc) is 3.19. The van der Waals surface area contributed by atoms with Crippen molar-refractivity contribution in [2.75, 3.05) is 18.1 Å². The Kier molecular flexibility index (Phi) is 4.79. The molecule has 1 aromatic heterocycles. The molecule has 27 heavy (non-hydrogen) atoms. The van der Waals surface area contributed by atoms with Gasteiger partial charge in [0.15, 0.2) is 6.61 Å². The molecular formula is C19H23N5O3. The lowest BCUT2D eigenvalue weighted by atomic mass is 9.91. The first-order valence-electron chi connectivity index (χ1n) is 9.27. The molecule has 8 nitrogen and oxygen atoms in total. The van der Waals surface area contributed by atoms with Crippen LogP contribution in [0.5, 0.6) is 5.75 Å². The minimum atomic E-state index is -0.196. The summed E-state index contributed by atoms with van der Waals surface area (Å²) >= 11 is 0. The monoisotopic (exact) mass is 369 g/mol. The Bertz CT molecular complexity index is 828. The molecule has 1 N–H and O–H groups in total. The first-order valence-corrected chi connectivity index (χ1v) is 9.27. The van der Waals surface area contributed by atoms with Gasteiger partial charge in [0.05, 0.1) is 11.7 Å². The first kappa shape index (κ1) is 17.5. The number of anilines is 1. The molecule has 2 heterocycles. The summed E-state index contributed by atoms with van der Waals surface area (Å²) in [4.78, 5) is 30.3. The van der Waals surface area contributed by atoms with E-state index >= 15 is 0 Å². The van der Waals surface area contributed by atoms with Crippen LogP contribution in [0.4, 0.5) is 5.69 Å². The molecule has 1 aliphatic heterocycles. The third-order valence-corrected chi connectivity index (χ3v) is 5.23. The lowest BCUT2D eigenvalue weighted by Crippen LogP contribution is -2.48. The second kappa shape index (κ2) is 7.38. The minimum absolute atomic E-state index is 0.0155. The van der Waals surface area contributed by atoms with Gasteiger partial charge in [-0.25, -0.2) is 9.67 Å². The van der Waals surface area contributed by atoms with Crippen molar-refractivity contribution in [3.63, 3.8) is 0 Å². The molecule has 0 bridgehead atoms. The van der Waals surface area contributed by atoms with Crippen LogP contribution in [0.2, 0.25) is 0 Å². The lowest BCUT2D eigenvalue weighted by molar-refractivity contribution is -0.125. The number of hydrogen-bond acceptors (Lipinski definition) is 5. The average molecular weight is 369 g/mol. The highest BCUT2D eigenvalue weighted by Crippen LogP contribution is 2.33. The maximum atomic E-state index is 12.6. The maximum absolute atomic E-state index is 12.6. The number of hydrogen-bond donors (Lipinski definition) is 1. The van der Waals surface area contributed by atoms with Crippen molar-refractivity contribution in [1.82, 2.24) is 20.1 Å². The highest BCUT2D eigenvalue weighted by Gasteiger charge is 2.29. The summed E-state index contributed by atoms with van der Waals surface area (Å²) in [6, 6.07) is 6.12. The number of aryl methyl sites for hydroxylation is 1. The predicted octanol–water partition coefficient (Wildman–Crippen LogP) is 1.61. The minimum Gasteiger partial charge on any atom is -0.482 e. The van der Waals surface area contributed by atoms with E-state index in [1.807, 2.05) is 29.8 Å². The molecular weight excluding hydrogens is 346 g/mol. The van der Waals surface area contributed by atoms with E-state index in [-0.39, 0.29) is 31.0 Å². The number of rotatable bonds is 4. The summed E-state index contributed by atoms with van der Waals surface area (Å²) in [6.07, 6.45) is 6.98. The van der Waals surface area contributed by atoms with Gasteiger partial charge >= 0.3 is 0 Å². The number of ether oxygens (including phenoxy) is 1. The van der Waals surface area contributed by atoms with Crippen molar-refractivity contribution in [3.8, 4) is 5.75 Å². The maximum Gasteiger partial charge on any atom is 0.265 e. The van der Waals surface area contributed by atoms with Gasteiger partial charge in [0.1, 0.15) is 24.9 Å². The van der Waals surface area contributed by atoms with Crippen LogP contribution in [0.15, 0.2) is 30.9 Å². The summed E-state index contributed by atoms with van der Waals surface area (Å²) < 4.78 is 7.36. The van der Waals surface area contributed by atoms with Gasteiger partial charge in [-0.3, -0.25) is 14.5 Å². The molecule has 0 radical (unpaired) electrons. The molecule has 1 saturated carbocycles. The zero-order chi connectivity index (χ0) is 18.8. The highest BCUT2D eigenvalue weighted by atomic mass is 16.5. The Balaban J connectivity index is 1.35. The van der Waals surface area contributed by atoms with Gasteiger partial charge in [-0.15, -0.1) is 0 Å². The first-order chi connectivity index (χ1) is 13.1. The smallest absolute Gasteiger partial charge is 0.265 e. The highest BCUT2D eigenvalue weighted by molar-refractivity contribution is 6.02. The van der Waals surface area contributed by atoms with Crippen LogP contribution in [0, 0.1) is 6.92 Å². The number of carbonyl (C=O) groups is 2. The summed E-state index contributed by atoms with van der Waals surface area (Å²) in [7, 11) is 0. The molecule has 142 valence electrons. The molecule has 0 spiro atoms. The quantitative estimate of drug-likeness (QED) is 0.884. The molecule has 1 aliphatic carbocycles. The topological polar surface area (TPSA) is 89.4 Å². The van der Waals surface area contributed by atoms with Crippen LogP contribution in [-0.4, -0.2) is 45.8 Å². The number of fused-ring (bicyclic) bond motifs is 1. The molecule has 8 heteroatoms. The SMILES string of the molecule is Cc1ccc2c(c1)N(CC(=O)NC1CCC(n3cncn3)CC1)C(=O)CO2. The van der Waals surface area contributed by atoms with Crippen molar-refractivity contribution in [2.24, 2.45) is 0 Å². The third kappa shape index (κ3) is 3.79. The Labute approximate surface area is 157 Å².